The fourth-order valence-electron chi connectivity index (χ4n) is 2.32. The highest BCUT2D eigenvalue weighted by atomic mass is 19.1. The molecule has 1 unspecified atom stereocenters. The minimum atomic E-state index is -0.731. The fourth-order valence-corrected chi connectivity index (χ4v) is 2.32. The Bertz CT molecular complexity index is 721. The number of rotatable bonds is 5. The molecule has 7 heteroatoms. The van der Waals surface area contributed by atoms with Gasteiger partial charge in [0.25, 0.3) is 0 Å². The number of amides is 2. The number of hydrogen-bond acceptors (Lipinski definition) is 4. The van der Waals surface area contributed by atoms with Crippen molar-refractivity contribution >= 4 is 11.7 Å². The summed E-state index contributed by atoms with van der Waals surface area (Å²) in [6.07, 6.45) is -0.387. The van der Waals surface area contributed by atoms with Gasteiger partial charge in [-0.05, 0) is 48.4 Å². The van der Waals surface area contributed by atoms with Gasteiger partial charge in [0.15, 0.2) is 11.5 Å². The van der Waals surface area contributed by atoms with Gasteiger partial charge in [-0.2, -0.15) is 0 Å². The summed E-state index contributed by atoms with van der Waals surface area (Å²) in [6, 6.07) is 10.3. The Morgan fingerprint density at radius 3 is 2.71 bits per heavy atom. The molecule has 0 radical (unpaired) electrons. The summed E-state index contributed by atoms with van der Waals surface area (Å²) in [4.78, 5) is 11.7. The summed E-state index contributed by atoms with van der Waals surface area (Å²) >= 11 is 0. The van der Waals surface area contributed by atoms with E-state index >= 15 is 0 Å². The van der Waals surface area contributed by atoms with Crippen LogP contribution in [0.2, 0.25) is 0 Å². The number of carbonyl (C=O) groups excluding carboxylic acids is 1. The van der Waals surface area contributed by atoms with Crippen molar-refractivity contribution in [1.29, 1.82) is 0 Å². The smallest absolute Gasteiger partial charge is 0.319 e. The number of ether oxygens (including phenoxy) is 2. The molecule has 0 aliphatic carbocycles. The molecule has 126 valence electrons. The van der Waals surface area contributed by atoms with Crippen molar-refractivity contribution < 1.29 is 23.8 Å². The number of aliphatic hydroxyl groups excluding tert-OH is 1. The third kappa shape index (κ3) is 3.94. The van der Waals surface area contributed by atoms with E-state index in [1.807, 2.05) is 0 Å². The lowest BCUT2D eigenvalue weighted by molar-refractivity contribution is 0.165. The molecule has 1 heterocycles. The van der Waals surface area contributed by atoms with Gasteiger partial charge in [0.1, 0.15) is 5.82 Å². The van der Waals surface area contributed by atoms with E-state index in [4.69, 9.17) is 9.47 Å². The summed E-state index contributed by atoms with van der Waals surface area (Å²) in [5.74, 6) is 0.893. The zero-order valence-corrected chi connectivity index (χ0v) is 12.8. The highest BCUT2D eigenvalue weighted by Gasteiger charge is 2.16. The lowest BCUT2D eigenvalue weighted by atomic mass is 10.1. The van der Waals surface area contributed by atoms with Crippen molar-refractivity contribution in [2.75, 3.05) is 18.7 Å². The summed E-state index contributed by atoms with van der Waals surface area (Å²) in [6.45, 7) is 0.461. The van der Waals surface area contributed by atoms with Gasteiger partial charge in [0, 0.05) is 12.2 Å². The number of halogens is 1. The summed E-state index contributed by atoms with van der Waals surface area (Å²) in [7, 11) is 0. The largest absolute Gasteiger partial charge is 0.454 e. The number of nitrogens with one attached hydrogen (secondary N) is 2. The first-order valence-electron chi connectivity index (χ1n) is 7.50. The Morgan fingerprint density at radius 2 is 1.92 bits per heavy atom. The summed E-state index contributed by atoms with van der Waals surface area (Å²) < 4.78 is 23.3. The molecule has 6 nitrogen and oxygen atoms in total. The Hall–Kier alpha value is -2.80. The molecule has 1 aliphatic heterocycles. The van der Waals surface area contributed by atoms with Gasteiger partial charge < -0.3 is 25.2 Å². The maximum Gasteiger partial charge on any atom is 0.319 e. The lowest BCUT2D eigenvalue weighted by Crippen LogP contribution is -2.30. The Labute approximate surface area is 138 Å². The first kappa shape index (κ1) is 16.1. The number of anilines is 1. The van der Waals surface area contributed by atoms with Crippen molar-refractivity contribution in [1.82, 2.24) is 5.32 Å². The van der Waals surface area contributed by atoms with E-state index < -0.39 is 12.1 Å². The van der Waals surface area contributed by atoms with Crippen LogP contribution in [0.15, 0.2) is 42.5 Å². The van der Waals surface area contributed by atoms with Crippen LogP contribution in [0.1, 0.15) is 18.1 Å². The van der Waals surface area contributed by atoms with E-state index in [9.17, 15) is 14.3 Å². The molecule has 2 aromatic rings. The molecule has 2 amide bonds. The van der Waals surface area contributed by atoms with Crippen LogP contribution in [0.5, 0.6) is 11.5 Å². The number of benzene rings is 2. The average Bonchev–Trinajstić information content (AvgIpc) is 3.04. The van der Waals surface area contributed by atoms with Crippen LogP contribution < -0.4 is 20.1 Å². The van der Waals surface area contributed by atoms with Gasteiger partial charge in [-0.15, -0.1) is 0 Å². The van der Waals surface area contributed by atoms with Gasteiger partial charge in [-0.3, -0.25) is 0 Å². The van der Waals surface area contributed by atoms with Crippen LogP contribution in [0.25, 0.3) is 0 Å². The highest BCUT2D eigenvalue weighted by molar-refractivity contribution is 5.89. The number of aliphatic hydroxyl groups is 1. The molecule has 1 aliphatic rings. The van der Waals surface area contributed by atoms with Gasteiger partial charge >= 0.3 is 6.03 Å². The number of carbonyl (C=O) groups is 1. The summed E-state index contributed by atoms with van der Waals surface area (Å²) in [5, 5.41) is 15.4. The van der Waals surface area contributed by atoms with E-state index in [-0.39, 0.29) is 19.2 Å². The van der Waals surface area contributed by atoms with Crippen LogP contribution >= 0.6 is 0 Å². The van der Waals surface area contributed by atoms with Crippen molar-refractivity contribution in [3.05, 3.63) is 53.8 Å². The predicted molar refractivity (Wildman–Crippen MR) is 85.6 cm³/mol. The maximum atomic E-state index is 12.8. The first-order valence-corrected chi connectivity index (χ1v) is 7.50. The van der Waals surface area contributed by atoms with E-state index in [2.05, 4.69) is 10.6 Å². The molecule has 0 saturated carbocycles. The second kappa shape index (κ2) is 7.18. The second-order valence-corrected chi connectivity index (χ2v) is 5.30. The van der Waals surface area contributed by atoms with Gasteiger partial charge in [0.2, 0.25) is 6.79 Å². The molecular weight excluding hydrogens is 315 g/mol. The summed E-state index contributed by atoms with van der Waals surface area (Å²) in [5.41, 5.74) is 1.19. The van der Waals surface area contributed by atoms with Crippen LogP contribution in [-0.2, 0) is 0 Å². The standard InChI is InChI=1S/C17H17FN2O4/c18-12-2-4-13(5-3-12)20-17(22)19-8-7-14(21)11-1-6-15-16(9-11)24-10-23-15/h1-6,9,14,21H,7-8,10H2,(H2,19,20,22). The predicted octanol–water partition coefficient (Wildman–Crippen LogP) is 2.80. The molecule has 3 rings (SSSR count). The third-order valence-electron chi connectivity index (χ3n) is 3.59. The molecule has 24 heavy (non-hydrogen) atoms. The molecule has 3 N–H and O–H groups in total. The Morgan fingerprint density at radius 1 is 1.17 bits per heavy atom. The number of fused-ring (bicyclic) bond motifs is 1. The third-order valence-corrected chi connectivity index (χ3v) is 3.59. The molecule has 0 fully saturated rings. The minimum absolute atomic E-state index is 0.181. The highest BCUT2D eigenvalue weighted by Crippen LogP contribution is 2.34. The number of urea groups is 1. The second-order valence-electron chi connectivity index (χ2n) is 5.30. The Kier molecular flexibility index (Phi) is 4.81. The molecule has 0 spiro atoms. The van der Waals surface area contributed by atoms with Crippen LogP contribution in [0.3, 0.4) is 0 Å². The SMILES string of the molecule is O=C(NCCC(O)c1ccc2c(c1)OCO2)Nc1ccc(F)cc1. The molecule has 0 bridgehead atoms. The quantitative estimate of drug-likeness (QED) is 0.786. The zero-order valence-electron chi connectivity index (χ0n) is 12.8. The van der Waals surface area contributed by atoms with Gasteiger partial charge in [0.05, 0.1) is 6.10 Å². The lowest BCUT2D eigenvalue weighted by Gasteiger charge is -2.13. The van der Waals surface area contributed by atoms with Gasteiger partial charge in [-0.25, -0.2) is 9.18 Å². The first-order chi connectivity index (χ1) is 11.6. The van der Waals surface area contributed by atoms with E-state index in [1.54, 1.807) is 18.2 Å². The number of hydrogen-bond donors (Lipinski definition) is 3. The normalized spacial score (nSPS) is 13.4. The van der Waals surface area contributed by atoms with Gasteiger partial charge in [-0.1, -0.05) is 6.07 Å². The van der Waals surface area contributed by atoms with E-state index in [0.717, 1.165) is 0 Å². The molecule has 0 saturated heterocycles. The van der Waals surface area contributed by atoms with Crippen molar-refractivity contribution in [2.24, 2.45) is 0 Å². The zero-order chi connectivity index (χ0) is 16.9. The van der Waals surface area contributed by atoms with E-state index in [0.29, 0.717) is 29.2 Å². The topological polar surface area (TPSA) is 79.8 Å². The van der Waals surface area contributed by atoms with Crippen molar-refractivity contribution in [3.63, 3.8) is 0 Å². The molecule has 0 aromatic heterocycles. The Balaban J connectivity index is 1.45. The maximum absolute atomic E-state index is 12.8. The van der Waals surface area contributed by atoms with Crippen molar-refractivity contribution in [3.8, 4) is 11.5 Å². The molecule has 2 aromatic carbocycles. The van der Waals surface area contributed by atoms with Crippen molar-refractivity contribution in [2.45, 2.75) is 12.5 Å². The molecule has 1 atom stereocenters. The fraction of sp³-hybridized carbons (Fsp3) is 0.235. The van der Waals surface area contributed by atoms with Crippen LogP contribution in [0, 0.1) is 5.82 Å². The molecular formula is C17H17FN2O4. The monoisotopic (exact) mass is 332 g/mol. The average molecular weight is 332 g/mol. The van der Waals surface area contributed by atoms with E-state index in [1.165, 1.54) is 24.3 Å². The van der Waals surface area contributed by atoms with Crippen LogP contribution in [-0.4, -0.2) is 24.5 Å². The van der Waals surface area contributed by atoms with Crippen LogP contribution in [0.4, 0.5) is 14.9 Å². The minimum Gasteiger partial charge on any atom is -0.454 e.